The summed E-state index contributed by atoms with van der Waals surface area (Å²) < 4.78 is 0. The molecule has 0 fully saturated rings. The second-order valence-corrected chi connectivity index (χ2v) is 11.8. The maximum Gasteiger partial charge on any atom is 0.261 e. The number of phenolic OH excluding ortho intramolecular Hbond substituents is 1. The molecular formula is C31H29N3O10. The minimum atomic E-state index is -3.03. The van der Waals surface area contributed by atoms with Crippen molar-refractivity contribution in [2.75, 3.05) is 14.1 Å². The Labute approximate surface area is 250 Å². The van der Waals surface area contributed by atoms with Crippen molar-refractivity contribution >= 4 is 29.3 Å². The number of Topliss-reactive ketones (excluding diaryl/α,β-unsaturated/α-hetero) is 2. The number of nitrogens with two attached hydrogens (primary N) is 1. The van der Waals surface area contributed by atoms with Gasteiger partial charge in [0.1, 0.15) is 22.8 Å². The molecule has 2 aromatic rings. The first kappa shape index (κ1) is 29.2. The third-order valence-electron chi connectivity index (χ3n) is 9.42. The van der Waals surface area contributed by atoms with Crippen molar-refractivity contribution in [3.8, 4) is 5.75 Å². The van der Waals surface area contributed by atoms with Gasteiger partial charge in [-0.15, -0.1) is 0 Å². The van der Waals surface area contributed by atoms with Crippen LogP contribution in [0.3, 0.4) is 0 Å². The molecule has 228 valence electrons. The first-order chi connectivity index (χ1) is 20.7. The molecule has 0 aromatic heterocycles. The number of aliphatic hydroxyl groups excluding tert-OH is 3. The highest BCUT2D eigenvalue weighted by atomic mass is 16.4. The average Bonchev–Trinajstić information content (AvgIpc) is 3.20. The van der Waals surface area contributed by atoms with Gasteiger partial charge in [-0.1, -0.05) is 31.2 Å². The summed E-state index contributed by atoms with van der Waals surface area (Å²) in [5, 5.41) is 57.3. The van der Waals surface area contributed by atoms with Crippen LogP contribution < -0.4 is 5.73 Å². The summed E-state index contributed by atoms with van der Waals surface area (Å²) in [6.45, 7) is 1.23. The minimum absolute atomic E-state index is 0.0376. The maximum atomic E-state index is 14.1. The van der Waals surface area contributed by atoms with Gasteiger partial charge in [-0.3, -0.25) is 33.8 Å². The molecule has 7 N–H and O–H groups in total. The maximum absolute atomic E-state index is 14.1. The summed E-state index contributed by atoms with van der Waals surface area (Å²) >= 11 is 0. The van der Waals surface area contributed by atoms with E-state index in [0.29, 0.717) is 0 Å². The van der Waals surface area contributed by atoms with Crippen LogP contribution in [0.4, 0.5) is 0 Å². The van der Waals surface area contributed by atoms with Gasteiger partial charge in [-0.25, -0.2) is 0 Å². The number of benzene rings is 2. The molecule has 3 aliphatic carbocycles. The number of carbonyl (C=O) groups excluding carboxylic acids is 5. The minimum Gasteiger partial charge on any atom is -0.510 e. The van der Waals surface area contributed by atoms with E-state index in [1.165, 1.54) is 43.3 Å². The molecule has 1 heterocycles. The first-order valence-corrected chi connectivity index (χ1v) is 13.8. The fourth-order valence-corrected chi connectivity index (χ4v) is 7.35. The van der Waals surface area contributed by atoms with Crippen molar-refractivity contribution in [3.63, 3.8) is 0 Å². The van der Waals surface area contributed by atoms with E-state index in [2.05, 4.69) is 0 Å². The third-order valence-corrected chi connectivity index (χ3v) is 9.42. The number of imide groups is 1. The number of aliphatic hydroxyl groups is 4. The van der Waals surface area contributed by atoms with Crippen LogP contribution in [0, 0.1) is 11.8 Å². The van der Waals surface area contributed by atoms with Gasteiger partial charge in [0, 0.05) is 17.1 Å². The number of fused-ring (bicyclic) bond motifs is 4. The van der Waals surface area contributed by atoms with Crippen molar-refractivity contribution in [1.29, 1.82) is 0 Å². The van der Waals surface area contributed by atoms with E-state index >= 15 is 0 Å². The number of carbonyl (C=O) groups is 5. The molecule has 0 spiro atoms. The average molecular weight is 604 g/mol. The summed E-state index contributed by atoms with van der Waals surface area (Å²) in [6, 6.07) is 7.81. The topological polar surface area (TPSA) is 219 Å². The van der Waals surface area contributed by atoms with Crippen LogP contribution in [-0.4, -0.2) is 96.5 Å². The zero-order chi connectivity index (χ0) is 32.2. The number of phenols is 1. The monoisotopic (exact) mass is 603 g/mol. The van der Waals surface area contributed by atoms with Crippen LogP contribution in [0.15, 0.2) is 59.1 Å². The van der Waals surface area contributed by atoms with E-state index < -0.39 is 93.2 Å². The van der Waals surface area contributed by atoms with Gasteiger partial charge < -0.3 is 31.3 Å². The van der Waals surface area contributed by atoms with Crippen molar-refractivity contribution in [3.05, 3.63) is 86.9 Å². The van der Waals surface area contributed by atoms with Gasteiger partial charge in [0.25, 0.3) is 17.7 Å². The highest BCUT2D eigenvalue weighted by molar-refractivity contribution is 6.25. The van der Waals surface area contributed by atoms with Crippen LogP contribution in [-0.2, 0) is 16.1 Å². The molecule has 6 atom stereocenters. The fourth-order valence-electron chi connectivity index (χ4n) is 7.35. The van der Waals surface area contributed by atoms with Gasteiger partial charge in [-0.05, 0) is 37.7 Å². The quantitative estimate of drug-likeness (QED) is 0.208. The van der Waals surface area contributed by atoms with Crippen molar-refractivity contribution in [1.82, 2.24) is 9.80 Å². The Kier molecular flexibility index (Phi) is 6.36. The number of likely N-dealkylation sites (N-methyl/N-ethyl adjacent to an activating group) is 1. The number of hydrogen-bond donors (Lipinski definition) is 6. The Bertz CT molecular complexity index is 1760. The van der Waals surface area contributed by atoms with Gasteiger partial charge in [0.15, 0.2) is 11.4 Å². The zero-order valence-corrected chi connectivity index (χ0v) is 23.8. The van der Waals surface area contributed by atoms with Gasteiger partial charge in [0.2, 0.25) is 5.78 Å². The Hall–Kier alpha value is -4.85. The summed E-state index contributed by atoms with van der Waals surface area (Å²) in [7, 11) is 2.91. The molecule has 44 heavy (non-hydrogen) atoms. The van der Waals surface area contributed by atoms with Gasteiger partial charge >= 0.3 is 0 Å². The van der Waals surface area contributed by atoms with E-state index in [9.17, 15) is 49.5 Å². The normalized spacial score (nSPS) is 29.6. The number of ketones is 2. The second-order valence-electron chi connectivity index (χ2n) is 11.8. The van der Waals surface area contributed by atoms with Crippen LogP contribution in [0.1, 0.15) is 55.0 Å². The van der Waals surface area contributed by atoms with Gasteiger partial charge in [-0.2, -0.15) is 0 Å². The predicted molar refractivity (Wildman–Crippen MR) is 150 cm³/mol. The van der Waals surface area contributed by atoms with Crippen molar-refractivity contribution in [2.45, 2.75) is 37.1 Å². The standard InChI is InChI=1S/C31H29N3O10/c1-11-13-9-8-12(10-34-29(42)14-6-4-5-7-15(14)30(34)43)22(35)17(13)23(36)18-16(11)24(37)20-21(33(2)3)25(38)19(28(32)41)27(40)31(20,44)26(18)39/h4-9,11,16,20-21,24,35,37-39,44H,10H2,1-3H3,(H2,32,41)/t11-,16+,20+,21-,24-,31-/m0/s1. The molecule has 3 amide bonds. The van der Waals surface area contributed by atoms with E-state index in [1.54, 1.807) is 19.1 Å². The van der Waals surface area contributed by atoms with Crippen LogP contribution in [0.25, 0.3) is 0 Å². The van der Waals surface area contributed by atoms with Crippen LogP contribution >= 0.6 is 0 Å². The van der Waals surface area contributed by atoms with Crippen LogP contribution in [0.2, 0.25) is 0 Å². The second kappa shape index (κ2) is 9.58. The lowest BCUT2D eigenvalue weighted by atomic mass is 9.55. The fraction of sp³-hybridized carbons (Fsp3) is 0.323. The van der Waals surface area contributed by atoms with Gasteiger partial charge in [0.05, 0.1) is 41.3 Å². The highest BCUT2D eigenvalue weighted by Gasteiger charge is 2.67. The van der Waals surface area contributed by atoms with Crippen LogP contribution in [0.5, 0.6) is 5.75 Å². The van der Waals surface area contributed by atoms with E-state index in [0.717, 1.165) is 4.90 Å². The lowest BCUT2D eigenvalue weighted by Gasteiger charge is -2.53. The molecule has 13 nitrogen and oxygen atoms in total. The highest BCUT2D eigenvalue weighted by Crippen LogP contribution is 2.55. The lowest BCUT2D eigenvalue weighted by Crippen LogP contribution is -2.68. The number of rotatable bonds is 4. The van der Waals surface area contributed by atoms with Crippen molar-refractivity contribution in [2.24, 2.45) is 17.6 Å². The number of aromatic hydroxyl groups is 1. The molecular weight excluding hydrogens is 574 g/mol. The summed E-state index contributed by atoms with van der Waals surface area (Å²) in [4.78, 5) is 67.9. The Morgan fingerprint density at radius 3 is 2.14 bits per heavy atom. The smallest absolute Gasteiger partial charge is 0.261 e. The molecule has 6 rings (SSSR count). The number of amides is 3. The lowest BCUT2D eigenvalue weighted by molar-refractivity contribution is -0.162. The summed E-state index contributed by atoms with van der Waals surface area (Å²) in [5.41, 5.74) is 1.17. The Balaban J connectivity index is 1.48. The Morgan fingerprint density at radius 1 is 1.00 bits per heavy atom. The molecule has 0 saturated heterocycles. The molecule has 0 unspecified atom stereocenters. The SMILES string of the molecule is C[C@H]1c2ccc(CN3C(=O)c4ccccc4C3=O)c(O)c2C(=O)C2=C(O)[C@]3(O)C(=O)C(C(N)=O)=C(O)[C@@H](N(C)C)[C@@H]3[C@@H](O)[C@@H]21. The molecule has 0 radical (unpaired) electrons. The largest absolute Gasteiger partial charge is 0.510 e. The zero-order valence-electron chi connectivity index (χ0n) is 23.8. The molecule has 4 aliphatic rings. The van der Waals surface area contributed by atoms with E-state index in [-0.39, 0.29) is 34.4 Å². The van der Waals surface area contributed by atoms with Crippen molar-refractivity contribution < 1.29 is 49.5 Å². The predicted octanol–water partition coefficient (Wildman–Crippen LogP) is 0.449. The number of primary amides is 1. The molecule has 2 aromatic carbocycles. The molecule has 0 saturated carbocycles. The number of hydrogen-bond acceptors (Lipinski definition) is 11. The first-order valence-electron chi connectivity index (χ1n) is 13.8. The molecule has 1 aliphatic heterocycles. The summed E-state index contributed by atoms with van der Waals surface area (Å²) in [6.07, 6.45) is -1.72. The number of nitrogens with zero attached hydrogens (tertiary/aromatic N) is 2. The third kappa shape index (κ3) is 3.54. The van der Waals surface area contributed by atoms with E-state index in [1.807, 2.05) is 0 Å². The molecule has 13 heteroatoms. The summed E-state index contributed by atoms with van der Waals surface area (Å²) in [5.74, 6) is -11.2. The molecule has 0 bridgehead atoms. The van der Waals surface area contributed by atoms with E-state index in [4.69, 9.17) is 5.73 Å². The Morgan fingerprint density at radius 2 is 1.59 bits per heavy atom.